The molecule has 1 aliphatic rings. The average molecular weight is 750 g/mol. The van der Waals surface area contributed by atoms with Gasteiger partial charge < -0.3 is 10.1 Å². The Kier molecular flexibility index (Phi) is 10.4. The second kappa shape index (κ2) is 14.8. The van der Waals surface area contributed by atoms with Crippen LogP contribution in [0.15, 0.2) is 96.5 Å². The largest absolute Gasteiger partial charge is 0.443 e. The number of aliphatic imine (C=N–C) groups is 1. The molecule has 6 rings (SSSR count). The van der Waals surface area contributed by atoms with Crippen LogP contribution >= 0.6 is 11.6 Å². The van der Waals surface area contributed by atoms with E-state index in [1.807, 2.05) is 26.8 Å². The second-order valence-electron chi connectivity index (χ2n) is 13.5. The summed E-state index contributed by atoms with van der Waals surface area (Å²) in [7, 11) is 0. The molecule has 5 aromatic rings. The molecule has 0 saturated carbocycles. The molecule has 0 bridgehead atoms. The maximum Gasteiger partial charge on any atom is 0.437 e. The number of carbonyl (C=O) groups is 2. The standard InChI is InChI=1S/C37H34ClF4N8O3/c1-22(25-12-15-28(38)29(16-25)50-31(30(39)40)43-21-45-50)49-32(51)37(20-36(2,3)4,47-34(49)46-35(52)53-19-23-8-6-5-7-9-23)27-13-10-24(11-14-27)26-17-44-48(18-26)33(41)42/h5-18,21-22,30,33H,1,19-20H2,2-4H3,(H,46,47,52)/t22-,37+/m0/s1. The van der Waals surface area contributed by atoms with E-state index in [1.165, 1.54) is 29.4 Å². The van der Waals surface area contributed by atoms with Crippen LogP contribution in [0.4, 0.5) is 22.4 Å². The van der Waals surface area contributed by atoms with Crippen molar-refractivity contribution in [3.8, 4) is 16.8 Å². The first-order valence-corrected chi connectivity index (χ1v) is 16.7. The summed E-state index contributed by atoms with van der Waals surface area (Å²) in [5.74, 6) is -1.32. The molecule has 1 N–H and O–H groups in total. The highest BCUT2D eigenvalue weighted by Crippen LogP contribution is 2.43. The van der Waals surface area contributed by atoms with Crippen LogP contribution in [0.25, 0.3) is 16.8 Å². The number of ether oxygens (including phenoxy) is 1. The van der Waals surface area contributed by atoms with Gasteiger partial charge in [-0.2, -0.15) is 19.0 Å². The Bertz CT molecular complexity index is 2130. The Balaban J connectivity index is 1.43. The van der Waals surface area contributed by atoms with Crippen molar-refractivity contribution in [1.82, 2.24) is 34.8 Å². The SMILES string of the molecule is [CH2][C@@H](c1ccc(Cl)c(-n2ncnc2C(F)F)c1)N1C(=O)[C@@](CC(C)(C)C)(c2ccc(-c3cnn(C(F)F)c3)cc2)N/C1=N/C(=O)OCc1ccccc1. The zero-order valence-corrected chi connectivity index (χ0v) is 29.5. The topological polar surface area (TPSA) is 120 Å². The highest BCUT2D eigenvalue weighted by atomic mass is 35.5. The summed E-state index contributed by atoms with van der Waals surface area (Å²) < 4.78 is 60.9. The lowest BCUT2D eigenvalue weighted by Crippen LogP contribution is -2.47. The number of benzene rings is 3. The molecule has 1 aliphatic heterocycles. The van der Waals surface area contributed by atoms with E-state index in [4.69, 9.17) is 16.3 Å². The van der Waals surface area contributed by atoms with Gasteiger partial charge in [-0.05, 0) is 53.1 Å². The van der Waals surface area contributed by atoms with Gasteiger partial charge in [0.15, 0.2) is 5.82 Å². The van der Waals surface area contributed by atoms with Crippen molar-refractivity contribution >= 4 is 29.6 Å². The summed E-state index contributed by atoms with van der Waals surface area (Å²) in [4.78, 5) is 37.3. The molecule has 1 fully saturated rings. The van der Waals surface area contributed by atoms with Crippen molar-refractivity contribution in [3.05, 3.63) is 126 Å². The molecule has 2 amide bonds. The molecular weight excluding hydrogens is 716 g/mol. The van der Waals surface area contributed by atoms with Gasteiger partial charge in [0.2, 0.25) is 5.96 Å². The van der Waals surface area contributed by atoms with E-state index < -0.39 is 47.8 Å². The number of amides is 2. The van der Waals surface area contributed by atoms with Gasteiger partial charge >= 0.3 is 12.6 Å². The third-order valence-electron chi connectivity index (χ3n) is 8.51. The van der Waals surface area contributed by atoms with E-state index >= 15 is 0 Å². The van der Waals surface area contributed by atoms with E-state index in [2.05, 4.69) is 32.4 Å². The predicted octanol–water partition coefficient (Wildman–Crippen LogP) is 8.45. The van der Waals surface area contributed by atoms with Crippen LogP contribution in [0.3, 0.4) is 0 Å². The minimum Gasteiger partial charge on any atom is -0.443 e. The second-order valence-corrected chi connectivity index (χ2v) is 13.9. The van der Waals surface area contributed by atoms with Gasteiger partial charge in [0.05, 0.1) is 22.9 Å². The molecule has 2 atom stereocenters. The Morgan fingerprint density at radius 2 is 1.74 bits per heavy atom. The van der Waals surface area contributed by atoms with Gasteiger partial charge in [-0.25, -0.2) is 27.9 Å². The van der Waals surface area contributed by atoms with Crippen LogP contribution in [0.1, 0.15) is 68.7 Å². The normalized spacial score (nSPS) is 17.5. The van der Waals surface area contributed by atoms with Crippen molar-refractivity contribution < 1.29 is 31.9 Å². The number of halogens is 5. The summed E-state index contributed by atoms with van der Waals surface area (Å²) in [6.45, 7) is 7.18. The molecular formula is C37H34ClF4N8O3. The van der Waals surface area contributed by atoms with Crippen molar-refractivity contribution in [2.75, 3.05) is 0 Å². The Morgan fingerprint density at radius 1 is 1.02 bits per heavy atom. The third kappa shape index (κ3) is 7.80. The molecule has 0 unspecified atom stereocenters. The van der Waals surface area contributed by atoms with Crippen LogP contribution in [0.2, 0.25) is 5.02 Å². The van der Waals surface area contributed by atoms with Gasteiger partial charge in [0.25, 0.3) is 12.3 Å². The summed E-state index contributed by atoms with van der Waals surface area (Å²) in [5.41, 5.74) is 0.637. The average Bonchev–Trinajstić information content (AvgIpc) is 3.87. The first-order chi connectivity index (χ1) is 25.2. The van der Waals surface area contributed by atoms with Crippen LogP contribution in [0.5, 0.6) is 0 Å². The zero-order valence-electron chi connectivity index (χ0n) is 28.8. The molecule has 53 heavy (non-hydrogen) atoms. The molecule has 11 nitrogen and oxygen atoms in total. The third-order valence-corrected chi connectivity index (χ3v) is 8.83. The Labute approximate surface area is 307 Å². The number of alkyl halides is 4. The lowest BCUT2D eigenvalue weighted by molar-refractivity contribution is -0.133. The fourth-order valence-electron chi connectivity index (χ4n) is 6.20. The number of carbonyl (C=O) groups excluding carboxylic acids is 2. The molecule has 3 heterocycles. The van der Waals surface area contributed by atoms with Gasteiger partial charge in [0.1, 0.15) is 18.5 Å². The van der Waals surface area contributed by atoms with E-state index in [-0.39, 0.29) is 29.7 Å². The van der Waals surface area contributed by atoms with E-state index in [0.29, 0.717) is 26.9 Å². The van der Waals surface area contributed by atoms with Gasteiger partial charge in [-0.15, -0.1) is 4.99 Å². The van der Waals surface area contributed by atoms with Crippen molar-refractivity contribution in [2.24, 2.45) is 10.4 Å². The van der Waals surface area contributed by atoms with E-state index in [9.17, 15) is 27.2 Å². The minimum absolute atomic E-state index is 0.0673. The number of guanidine groups is 1. The van der Waals surface area contributed by atoms with E-state index in [1.54, 1.807) is 54.6 Å². The van der Waals surface area contributed by atoms with Crippen molar-refractivity contribution in [1.29, 1.82) is 0 Å². The summed E-state index contributed by atoms with van der Waals surface area (Å²) in [6.07, 6.45) is -0.235. The minimum atomic E-state index is -2.96. The number of aromatic nitrogens is 5. The summed E-state index contributed by atoms with van der Waals surface area (Å²) >= 11 is 6.44. The first-order valence-electron chi connectivity index (χ1n) is 16.3. The molecule has 0 aliphatic carbocycles. The smallest absolute Gasteiger partial charge is 0.437 e. The van der Waals surface area contributed by atoms with Gasteiger partial charge in [-0.3, -0.25) is 9.69 Å². The quantitative estimate of drug-likeness (QED) is 0.142. The lowest BCUT2D eigenvalue weighted by Gasteiger charge is -2.34. The summed E-state index contributed by atoms with van der Waals surface area (Å²) in [5, 5.41) is 10.9. The predicted molar refractivity (Wildman–Crippen MR) is 188 cm³/mol. The van der Waals surface area contributed by atoms with Crippen LogP contribution < -0.4 is 5.32 Å². The highest BCUT2D eigenvalue weighted by molar-refractivity contribution is 6.32. The van der Waals surface area contributed by atoms with Crippen molar-refractivity contribution in [3.63, 3.8) is 0 Å². The van der Waals surface area contributed by atoms with Crippen LogP contribution in [-0.4, -0.2) is 47.4 Å². The molecule has 1 radical (unpaired) electrons. The fourth-order valence-corrected chi connectivity index (χ4v) is 6.40. The molecule has 3 aromatic carbocycles. The maximum atomic E-state index is 15.0. The molecule has 2 aromatic heterocycles. The van der Waals surface area contributed by atoms with E-state index in [0.717, 1.165) is 16.6 Å². The monoisotopic (exact) mass is 749 g/mol. The van der Waals surface area contributed by atoms with Crippen LogP contribution in [-0.2, 0) is 21.7 Å². The number of hydrogen-bond donors (Lipinski definition) is 1. The first kappa shape index (κ1) is 37.2. The Hall–Kier alpha value is -5.57. The maximum absolute atomic E-state index is 15.0. The summed E-state index contributed by atoms with van der Waals surface area (Å²) in [6, 6.07) is 19.1. The fraction of sp³-hybridized carbons (Fsp3) is 0.270. The zero-order chi connectivity index (χ0) is 38.1. The van der Waals surface area contributed by atoms with Crippen LogP contribution in [0, 0.1) is 12.3 Å². The number of rotatable bonds is 10. The van der Waals surface area contributed by atoms with Gasteiger partial charge in [0, 0.05) is 11.8 Å². The Morgan fingerprint density at radius 3 is 2.38 bits per heavy atom. The molecule has 16 heteroatoms. The number of nitrogens with zero attached hydrogens (tertiary/aromatic N) is 7. The van der Waals surface area contributed by atoms with Crippen molar-refractivity contribution in [2.45, 2.75) is 58.4 Å². The lowest BCUT2D eigenvalue weighted by atomic mass is 9.75. The molecule has 275 valence electrons. The highest BCUT2D eigenvalue weighted by Gasteiger charge is 2.54. The molecule has 0 spiro atoms. The number of nitrogens with one attached hydrogen (secondary N) is 1. The number of hydrogen-bond acceptors (Lipinski definition) is 6. The van der Waals surface area contributed by atoms with Gasteiger partial charge in [-0.1, -0.05) is 93.0 Å². The molecule has 1 saturated heterocycles.